The summed E-state index contributed by atoms with van der Waals surface area (Å²) in [6.45, 7) is 10.8. The summed E-state index contributed by atoms with van der Waals surface area (Å²) in [7, 11) is 0. The van der Waals surface area contributed by atoms with Crippen molar-refractivity contribution in [3.05, 3.63) is 10.4 Å². The van der Waals surface area contributed by atoms with Gasteiger partial charge in [-0.05, 0) is 36.6 Å². The number of azide groups is 1. The highest BCUT2D eigenvalue weighted by Gasteiger charge is 2.29. The summed E-state index contributed by atoms with van der Waals surface area (Å²) in [5.41, 5.74) is 7.11. The normalized spacial score (nSPS) is 17.6. The van der Waals surface area contributed by atoms with E-state index in [1.807, 2.05) is 0 Å². The minimum Gasteiger partial charge on any atom is -0.390 e. The predicted molar refractivity (Wildman–Crippen MR) is 105 cm³/mol. The molecule has 0 saturated heterocycles. The maximum atomic E-state index is 10.3. The van der Waals surface area contributed by atoms with E-state index in [0.29, 0.717) is 12.3 Å². The van der Waals surface area contributed by atoms with Crippen molar-refractivity contribution >= 4 is 0 Å². The van der Waals surface area contributed by atoms with Crippen molar-refractivity contribution < 1.29 is 10.2 Å². The van der Waals surface area contributed by atoms with Crippen LogP contribution in [-0.4, -0.2) is 28.5 Å². The van der Waals surface area contributed by atoms with Gasteiger partial charge in [-0.3, -0.25) is 0 Å². The molecule has 0 aliphatic rings. The second-order valence-corrected chi connectivity index (χ2v) is 8.64. The van der Waals surface area contributed by atoms with Crippen molar-refractivity contribution in [1.82, 2.24) is 0 Å². The summed E-state index contributed by atoms with van der Waals surface area (Å²) < 4.78 is 0. The predicted octanol–water partition coefficient (Wildman–Crippen LogP) is 5.85. The molecule has 0 amide bonds. The van der Waals surface area contributed by atoms with Crippen LogP contribution < -0.4 is 0 Å². The number of rotatable bonds is 15. The maximum absolute atomic E-state index is 10.3. The van der Waals surface area contributed by atoms with Crippen LogP contribution in [0, 0.1) is 17.8 Å². The smallest absolute Gasteiger partial charge is 0.0880 e. The van der Waals surface area contributed by atoms with Crippen LogP contribution in [0.2, 0.25) is 0 Å². The van der Waals surface area contributed by atoms with Crippen LogP contribution in [0.3, 0.4) is 0 Å². The number of aliphatic hydroxyl groups excluding tert-OH is 1. The zero-order chi connectivity index (χ0) is 19.3. The van der Waals surface area contributed by atoms with E-state index in [1.54, 1.807) is 6.92 Å². The van der Waals surface area contributed by atoms with E-state index in [4.69, 9.17) is 5.53 Å². The molecular weight excluding hydrogens is 314 g/mol. The molecule has 0 aliphatic heterocycles. The number of nitrogens with zero attached hydrogens (tertiary/aromatic N) is 3. The minimum absolute atomic E-state index is 0.0756. The molecule has 0 aromatic heterocycles. The minimum atomic E-state index is -1.18. The van der Waals surface area contributed by atoms with E-state index in [2.05, 4.69) is 37.7 Å². The van der Waals surface area contributed by atoms with Crippen LogP contribution in [0.4, 0.5) is 0 Å². The lowest BCUT2D eigenvalue weighted by Gasteiger charge is -2.28. The zero-order valence-electron chi connectivity index (χ0n) is 17.1. The third kappa shape index (κ3) is 13.1. The first-order valence-corrected chi connectivity index (χ1v) is 10.1. The standard InChI is InChI=1S/C20H41N3O2/c1-16(2)9-6-10-17(3)11-7-12-18(4)13-8-14-20(5,25)19(24)15-22-23-21/h16-19,24-25H,6-15H2,1-5H3. The molecular formula is C20H41N3O2. The van der Waals surface area contributed by atoms with E-state index in [-0.39, 0.29) is 6.54 Å². The molecule has 0 heterocycles. The first-order valence-electron chi connectivity index (χ1n) is 10.1. The van der Waals surface area contributed by atoms with Gasteiger partial charge in [-0.1, -0.05) is 84.2 Å². The van der Waals surface area contributed by atoms with Crippen LogP contribution in [0.15, 0.2) is 5.11 Å². The van der Waals surface area contributed by atoms with Gasteiger partial charge in [0.15, 0.2) is 0 Å². The van der Waals surface area contributed by atoms with Crippen LogP contribution in [0.1, 0.15) is 92.4 Å². The van der Waals surface area contributed by atoms with Gasteiger partial charge in [0.05, 0.1) is 18.2 Å². The second kappa shape index (κ2) is 13.4. The molecule has 0 spiro atoms. The van der Waals surface area contributed by atoms with Gasteiger partial charge in [0.25, 0.3) is 0 Å². The van der Waals surface area contributed by atoms with Crippen LogP contribution in [0.5, 0.6) is 0 Å². The van der Waals surface area contributed by atoms with Crippen molar-refractivity contribution in [2.75, 3.05) is 6.54 Å². The lowest BCUT2D eigenvalue weighted by Crippen LogP contribution is -2.41. The Labute approximate surface area is 154 Å². The first kappa shape index (κ1) is 24.2. The number of hydrogen-bond acceptors (Lipinski definition) is 3. The lowest BCUT2D eigenvalue weighted by molar-refractivity contribution is -0.0634. The summed E-state index contributed by atoms with van der Waals surface area (Å²) in [5.74, 6) is 2.28. The fourth-order valence-electron chi connectivity index (χ4n) is 3.26. The molecule has 0 fully saturated rings. The van der Waals surface area contributed by atoms with Gasteiger partial charge in [0.1, 0.15) is 0 Å². The molecule has 25 heavy (non-hydrogen) atoms. The van der Waals surface area contributed by atoms with Gasteiger partial charge >= 0.3 is 0 Å². The third-order valence-corrected chi connectivity index (χ3v) is 5.29. The van der Waals surface area contributed by atoms with Crippen molar-refractivity contribution in [3.8, 4) is 0 Å². The highest BCUT2D eigenvalue weighted by atomic mass is 16.3. The Kier molecular flexibility index (Phi) is 13.0. The monoisotopic (exact) mass is 355 g/mol. The summed E-state index contributed by atoms with van der Waals surface area (Å²) in [6.07, 6.45) is 9.34. The maximum Gasteiger partial charge on any atom is 0.0880 e. The summed E-state index contributed by atoms with van der Waals surface area (Å²) in [5, 5.41) is 23.5. The van der Waals surface area contributed by atoms with E-state index >= 15 is 0 Å². The van der Waals surface area contributed by atoms with Crippen LogP contribution in [-0.2, 0) is 0 Å². The molecule has 0 aliphatic carbocycles. The fraction of sp³-hybridized carbons (Fsp3) is 1.00. The van der Waals surface area contributed by atoms with Crippen LogP contribution in [0.25, 0.3) is 10.4 Å². The summed E-state index contributed by atoms with van der Waals surface area (Å²) in [6, 6.07) is 0. The molecule has 0 aromatic carbocycles. The Morgan fingerprint density at radius 2 is 1.40 bits per heavy atom. The van der Waals surface area contributed by atoms with Crippen molar-refractivity contribution in [1.29, 1.82) is 0 Å². The molecule has 5 heteroatoms. The van der Waals surface area contributed by atoms with Crippen molar-refractivity contribution in [2.24, 2.45) is 22.9 Å². The van der Waals surface area contributed by atoms with Gasteiger partial charge < -0.3 is 10.2 Å². The highest BCUT2D eigenvalue weighted by molar-refractivity contribution is 4.83. The lowest BCUT2D eigenvalue weighted by atomic mass is 9.88. The van der Waals surface area contributed by atoms with Gasteiger partial charge in [0, 0.05) is 4.91 Å². The van der Waals surface area contributed by atoms with E-state index in [9.17, 15) is 10.2 Å². The largest absolute Gasteiger partial charge is 0.390 e. The Morgan fingerprint density at radius 1 is 0.920 bits per heavy atom. The summed E-state index contributed by atoms with van der Waals surface area (Å²) >= 11 is 0. The number of hydrogen-bond donors (Lipinski definition) is 2. The van der Waals surface area contributed by atoms with Gasteiger partial charge in [-0.15, -0.1) is 0 Å². The van der Waals surface area contributed by atoms with E-state index in [0.717, 1.165) is 24.7 Å². The Morgan fingerprint density at radius 3 is 1.88 bits per heavy atom. The Bertz CT molecular complexity index is 379. The Hall–Kier alpha value is -0.770. The van der Waals surface area contributed by atoms with Crippen LogP contribution >= 0.6 is 0 Å². The third-order valence-electron chi connectivity index (χ3n) is 5.29. The van der Waals surface area contributed by atoms with Gasteiger partial charge in [-0.2, -0.15) is 0 Å². The molecule has 0 bridgehead atoms. The molecule has 0 saturated carbocycles. The van der Waals surface area contributed by atoms with E-state index < -0.39 is 11.7 Å². The second-order valence-electron chi connectivity index (χ2n) is 8.64. The first-order chi connectivity index (χ1) is 11.7. The van der Waals surface area contributed by atoms with Crippen molar-refractivity contribution in [2.45, 2.75) is 104 Å². The average Bonchev–Trinajstić information content (AvgIpc) is 2.51. The zero-order valence-corrected chi connectivity index (χ0v) is 17.1. The topological polar surface area (TPSA) is 89.2 Å². The SMILES string of the molecule is CC(C)CCCC(C)CCCC(C)CCCC(C)(O)C(O)CN=[N+]=[N-]. The molecule has 0 aromatic rings. The molecule has 4 unspecified atom stereocenters. The molecule has 148 valence electrons. The fourth-order valence-corrected chi connectivity index (χ4v) is 3.26. The quantitative estimate of drug-likeness (QED) is 0.219. The summed E-state index contributed by atoms with van der Waals surface area (Å²) in [4.78, 5) is 2.63. The molecule has 5 nitrogen and oxygen atoms in total. The molecule has 0 radical (unpaired) electrons. The number of aliphatic hydroxyl groups is 2. The van der Waals surface area contributed by atoms with E-state index in [1.165, 1.54) is 38.5 Å². The average molecular weight is 356 g/mol. The van der Waals surface area contributed by atoms with Gasteiger partial charge in [0.2, 0.25) is 0 Å². The Balaban J connectivity index is 3.82. The highest BCUT2D eigenvalue weighted by Crippen LogP contribution is 2.24. The molecule has 4 atom stereocenters. The molecule has 0 rings (SSSR count). The van der Waals surface area contributed by atoms with Gasteiger partial charge in [-0.25, -0.2) is 0 Å². The molecule has 2 N–H and O–H groups in total. The van der Waals surface area contributed by atoms with Crippen molar-refractivity contribution in [3.63, 3.8) is 0 Å².